The van der Waals surface area contributed by atoms with Gasteiger partial charge >= 0.3 is 5.97 Å². The van der Waals surface area contributed by atoms with E-state index in [-0.39, 0.29) is 11.0 Å². The lowest BCUT2D eigenvalue weighted by molar-refractivity contribution is 0.0526. The standard InChI is InChI=1S/C25H25N3O4S/c1-3-31-22-9-5-8-20(15-22)23(29)27-25(33)28(17-18-7-6-14-26-16-18)21-12-10-19(11-13-21)24(30)32-4-2/h5-16H,3-4,17H2,1-2H3,(H,27,29,33). The number of benzene rings is 2. The number of ether oxygens (including phenoxy) is 2. The predicted octanol–water partition coefficient (Wildman–Crippen LogP) is 4.38. The van der Waals surface area contributed by atoms with Gasteiger partial charge in [-0.05, 0) is 80.2 Å². The summed E-state index contributed by atoms with van der Waals surface area (Å²) in [5, 5.41) is 3.01. The fourth-order valence-corrected chi connectivity index (χ4v) is 3.34. The van der Waals surface area contributed by atoms with Crippen LogP contribution in [0, 0.1) is 0 Å². The van der Waals surface area contributed by atoms with Gasteiger partial charge in [0.1, 0.15) is 5.75 Å². The smallest absolute Gasteiger partial charge is 0.338 e. The molecule has 1 amide bonds. The first-order valence-corrected chi connectivity index (χ1v) is 10.9. The van der Waals surface area contributed by atoms with Crippen LogP contribution in [0.25, 0.3) is 0 Å². The third-order valence-corrected chi connectivity index (χ3v) is 4.95. The van der Waals surface area contributed by atoms with Crippen LogP contribution in [0.2, 0.25) is 0 Å². The van der Waals surface area contributed by atoms with Crippen molar-refractivity contribution in [3.05, 3.63) is 89.7 Å². The number of rotatable bonds is 8. The molecular weight excluding hydrogens is 438 g/mol. The summed E-state index contributed by atoms with van der Waals surface area (Å²) in [7, 11) is 0. The van der Waals surface area contributed by atoms with Gasteiger partial charge in [0.25, 0.3) is 5.91 Å². The maximum atomic E-state index is 12.9. The van der Waals surface area contributed by atoms with Gasteiger partial charge in [0.05, 0.1) is 25.3 Å². The molecule has 8 heteroatoms. The Kier molecular flexibility index (Phi) is 8.49. The summed E-state index contributed by atoms with van der Waals surface area (Å²) in [6.07, 6.45) is 3.42. The minimum Gasteiger partial charge on any atom is -0.494 e. The highest BCUT2D eigenvalue weighted by atomic mass is 32.1. The van der Waals surface area contributed by atoms with E-state index in [1.807, 2.05) is 19.1 Å². The number of nitrogens with one attached hydrogen (secondary N) is 1. The number of pyridine rings is 1. The summed E-state index contributed by atoms with van der Waals surface area (Å²) < 4.78 is 10.5. The highest BCUT2D eigenvalue weighted by Crippen LogP contribution is 2.20. The van der Waals surface area contributed by atoms with E-state index in [1.54, 1.807) is 72.7 Å². The lowest BCUT2D eigenvalue weighted by Crippen LogP contribution is -2.42. The number of nitrogens with zero attached hydrogens (tertiary/aromatic N) is 2. The molecule has 1 aromatic heterocycles. The zero-order valence-corrected chi connectivity index (χ0v) is 19.3. The molecule has 0 atom stereocenters. The van der Waals surface area contributed by atoms with Crippen molar-refractivity contribution in [3.63, 3.8) is 0 Å². The van der Waals surface area contributed by atoms with Crippen LogP contribution in [-0.4, -0.2) is 35.2 Å². The fourth-order valence-electron chi connectivity index (χ4n) is 3.08. The second-order valence-electron chi connectivity index (χ2n) is 6.93. The van der Waals surface area contributed by atoms with Crippen molar-refractivity contribution in [1.82, 2.24) is 10.3 Å². The minimum absolute atomic E-state index is 0.217. The zero-order valence-electron chi connectivity index (χ0n) is 18.5. The molecule has 0 aliphatic rings. The van der Waals surface area contributed by atoms with E-state index < -0.39 is 5.97 Å². The van der Waals surface area contributed by atoms with Crippen molar-refractivity contribution >= 4 is 34.9 Å². The van der Waals surface area contributed by atoms with E-state index >= 15 is 0 Å². The van der Waals surface area contributed by atoms with Crippen molar-refractivity contribution in [3.8, 4) is 5.75 Å². The third kappa shape index (κ3) is 6.60. The molecule has 3 rings (SSSR count). The molecule has 2 aromatic carbocycles. The van der Waals surface area contributed by atoms with Crippen molar-refractivity contribution in [2.24, 2.45) is 0 Å². The number of esters is 1. The van der Waals surface area contributed by atoms with E-state index in [4.69, 9.17) is 21.7 Å². The Labute approximate surface area is 198 Å². The molecule has 1 N–H and O–H groups in total. The molecular formula is C25H25N3O4S. The quantitative estimate of drug-likeness (QED) is 0.392. The van der Waals surface area contributed by atoms with Crippen LogP contribution in [0.3, 0.4) is 0 Å². The van der Waals surface area contributed by atoms with Crippen LogP contribution in [0.4, 0.5) is 5.69 Å². The average Bonchev–Trinajstić information content (AvgIpc) is 2.84. The van der Waals surface area contributed by atoms with Gasteiger partial charge in [-0.25, -0.2) is 4.79 Å². The number of carbonyl (C=O) groups is 2. The fraction of sp³-hybridized carbons (Fsp3) is 0.200. The number of hydrogen-bond acceptors (Lipinski definition) is 6. The minimum atomic E-state index is -0.395. The highest BCUT2D eigenvalue weighted by Gasteiger charge is 2.18. The Morgan fingerprint density at radius 3 is 2.45 bits per heavy atom. The first kappa shape index (κ1) is 23.9. The van der Waals surface area contributed by atoms with E-state index in [0.29, 0.717) is 42.3 Å². The Bertz CT molecular complexity index is 1100. The lowest BCUT2D eigenvalue weighted by Gasteiger charge is -2.26. The highest BCUT2D eigenvalue weighted by molar-refractivity contribution is 7.80. The molecule has 1 heterocycles. The number of anilines is 1. The van der Waals surface area contributed by atoms with Crippen LogP contribution in [0.1, 0.15) is 40.1 Å². The molecule has 0 spiro atoms. The topological polar surface area (TPSA) is 80.8 Å². The number of hydrogen-bond donors (Lipinski definition) is 1. The largest absolute Gasteiger partial charge is 0.494 e. The first-order chi connectivity index (χ1) is 16.0. The molecule has 170 valence electrons. The molecule has 0 aliphatic heterocycles. The van der Waals surface area contributed by atoms with Gasteiger partial charge in [0.15, 0.2) is 5.11 Å². The molecule has 0 unspecified atom stereocenters. The molecule has 0 saturated heterocycles. The van der Waals surface area contributed by atoms with Crippen molar-refractivity contribution in [2.75, 3.05) is 18.1 Å². The summed E-state index contributed by atoms with van der Waals surface area (Å²) in [5.74, 6) is -0.133. The summed E-state index contributed by atoms with van der Waals surface area (Å²) in [6.45, 7) is 4.82. The van der Waals surface area contributed by atoms with Gasteiger partial charge in [-0.1, -0.05) is 12.1 Å². The number of amides is 1. The Morgan fingerprint density at radius 1 is 1.00 bits per heavy atom. The van der Waals surface area contributed by atoms with Gasteiger partial charge in [0.2, 0.25) is 0 Å². The summed E-state index contributed by atoms with van der Waals surface area (Å²) in [6, 6.07) is 17.5. The molecule has 0 aliphatic carbocycles. The second kappa shape index (κ2) is 11.7. The Hall–Kier alpha value is -3.78. The van der Waals surface area contributed by atoms with Crippen LogP contribution < -0.4 is 15.0 Å². The Morgan fingerprint density at radius 2 is 1.79 bits per heavy atom. The molecule has 33 heavy (non-hydrogen) atoms. The molecule has 0 saturated carbocycles. The van der Waals surface area contributed by atoms with Crippen molar-refractivity contribution in [2.45, 2.75) is 20.4 Å². The van der Waals surface area contributed by atoms with Crippen molar-refractivity contribution < 1.29 is 19.1 Å². The maximum absolute atomic E-state index is 12.9. The van der Waals surface area contributed by atoms with Gasteiger partial charge in [0, 0.05) is 23.6 Å². The monoisotopic (exact) mass is 463 g/mol. The van der Waals surface area contributed by atoms with E-state index in [0.717, 1.165) is 5.56 Å². The predicted molar refractivity (Wildman–Crippen MR) is 130 cm³/mol. The first-order valence-electron chi connectivity index (χ1n) is 10.5. The normalized spacial score (nSPS) is 10.2. The summed E-state index contributed by atoms with van der Waals surface area (Å²) in [4.78, 5) is 30.8. The van der Waals surface area contributed by atoms with Crippen LogP contribution in [-0.2, 0) is 11.3 Å². The van der Waals surface area contributed by atoms with Gasteiger partial charge in [-0.2, -0.15) is 0 Å². The van der Waals surface area contributed by atoms with Gasteiger partial charge in [-0.3, -0.25) is 15.1 Å². The van der Waals surface area contributed by atoms with E-state index in [9.17, 15) is 9.59 Å². The Balaban J connectivity index is 1.83. The van der Waals surface area contributed by atoms with Gasteiger partial charge in [-0.15, -0.1) is 0 Å². The van der Waals surface area contributed by atoms with Crippen molar-refractivity contribution in [1.29, 1.82) is 0 Å². The molecule has 0 radical (unpaired) electrons. The van der Waals surface area contributed by atoms with Crippen LogP contribution in [0.5, 0.6) is 5.75 Å². The average molecular weight is 464 g/mol. The third-order valence-electron chi connectivity index (χ3n) is 4.63. The SMILES string of the molecule is CCOC(=O)c1ccc(N(Cc2cccnc2)C(=S)NC(=O)c2cccc(OCC)c2)cc1. The molecule has 7 nitrogen and oxygen atoms in total. The van der Waals surface area contributed by atoms with E-state index in [2.05, 4.69) is 10.3 Å². The second-order valence-corrected chi connectivity index (χ2v) is 7.32. The number of thiocarbonyl (C=S) groups is 1. The summed E-state index contributed by atoms with van der Waals surface area (Å²) >= 11 is 5.59. The molecule has 3 aromatic rings. The number of carbonyl (C=O) groups excluding carboxylic acids is 2. The summed E-state index contributed by atoms with van der Waals surface area (Å²) in [5.41, 5.74) is 2.48. The lowest BCUT2D eigenvalue weighted by atomic mass is 10.1. The zero-order chi connectivity index (χ0) is 23.6. The molecule has 0 fully saturated rings. The molecule has 0 bridgehead atoms. The van der Waals surface area contributed by atoms with Gasteiger partial charge < -0.3 is 14.4 Å². The van der Waals surface area contributed by atoms with Crippen LogP contribution in [0.15, 0.2) is 73.1 Å². The van der Waals surface area contributed by atoms with E-state index in [1.165, 1.54) is 0 Å². The maximum Gasteiger partial charge on any atom is 0.338 e. The van der Waals surface area contributed by atoms with Crippen LogP contribution >= 0.6 is 12.2 Å². The number of aromatic nitrogens is 1.